The van der Waals surface area contributed by atoms with Gasteiger partial charge in [-0.3, -0.25) is 4.79 Å². The highest BCUT2D eigenvalue weighted by Crippen LogP contribution is 2.22. The molecule has 1 heterocycles. The van der Waals surface area contributed by atoms with Crippen molar-refractivity contribution in [2.45, 2.75) is 13.3 Å². The molecule has 3 aromatic rings. The SMILES string of the molecule is CCc1noc(-c2cccc(OCC(=O)Nc3ccc(F)cc3)c2)n1. The van der Waals surface area contributed by atoms with Crippen molar-refractivity contribution in [3.63, 3.8) is 0 Å². The molecule has 0 atom stereocenters. The smallest absolute Gasteiger partial charge is 0.262 e. The predicted octanol–water partition coefficient (Wildman–Crippen LogP) is 3.46. The average Bonchev–Trinajstić information content (AvgIpc) is 3.11. The van der Waals surface area contributed by atoms with Crippen LogP contribution in [0.2, 0.25) is 0 Å². The summed E-state index contributed by atoms with van der Waals surface area (Å²) in [4.78, 5) is 16.2. The van der Waals surface area contributed by atoms with Gasteiger partial charge in [0.05, 0.1) is 0 Å². The van der Waals surface area contributed by atoms with E-state index in [1.807, 2.05) is 13.0 Å². The fourth-order valence-electron chi connectivity index (χ4n) is 2.11. The Morgan fingerprint density at radius 1 is 1.24 bits per heavy atom. The summed E-state index contributed by atoms with van der Waals surface area (Å²) in [7, 11) is 0. The zero-order valence-electron chi connectivity index (χ0n) is 13.5. The maximum Gasteiger partial charge on any atom is 0.262 e. The number of carbonyl (C=O) groups excluding carboxylic acids is 1. The van der Waals surface area contributed by atoms with E-state index in [9.17, 15) is 9.18 Å². The Labute approximate surface area is 143 Å². The van der Waals surface area contributed by atoms with Gasteiger partial charge in [-0.2, -0.15) is 4.98 Å². The number of aromatic nitrogens is 2. The van der Waals surface area contributed by atoms with E-state index in [-0.39, 0.29) is 18.3 Å². The standard InChI is InChI=1S/C18H16FN3O3/c1-2-16-21-18(25-22-16)12-4-3-5-15(10-12)24-11-17(23)20-14-8-6-13(19)7-9-14/h3-10H,2,11H2,1H3,(H,20,23). The lowest BCUT2D eigenvalue weighted by Gasteiger charge is -2.08. The monoisotopic (exact) mass is 341 g/mol. The number of benzene rings is 2. The lowest BCUT2D eigenvalue weighted by molar-refractivity contribution is -0.118. The molecule has 0 saturated heterocycles. The molecule has 3 rings (SSSR count). The highest BCUT2D eigenvalue weighted by Gasteiger charge is 2.09. The minimum absolute atomic E-state index is 0.176. The Hall–Kier alpha value is -3.22. The van der Waals surface area contributed by atoms with Crippen LogP contribution in [0, 0.1) is 5.82 Å². The average molecular weight is 341 g/mol. The van der Waals surface area contributed by atoms with Crippen LogP contribution in [0.25, 0.3) is 11.5 Å². The van der Waals surface area contributed by atoms with Crippen molar-refractivity contribution in [1.82, 2.24) is 10.1 Å². The Bertz CT molecular complexity index is 862. The summed E-state index contributed by atoms with van der Waals surface area (Å²) >= 11 is 0. The Morgan fingerprint density at radius 2 is 2.04 bits per heavy atom. The fraction of sp³-hybridized carbons (Fsp3) is 0.167. The topological polar surface area (TPSA) is 77.2 Å². The van der Waals surface area contributed by atoms with Crippen LogP contribution in [-0.4, -0.2) is 22.7 Å². The highest BCUT2D eigenvalue weighted by atomic mass is 19.1. The number of hydrogen-bond donors (Lipinski definition) is 1. The van der Waals surface area contributed by atoms with Crippen LogP contribution < -0.4 is 10.1 Å². The molecule has 0 radical (unpaired) electrons. The summed E-state index contributed by atoms with van der Waals surface area (Å²) in [5.74, 6) is 0.822. The van der Waals surface area contributed by atoms with Gasteiger partial charge in [-0.15, -0.1) is 0 Å². The largest absolute Gasteiger partial charge is 0.484 e. The molecule has 0 unspecified atom stereocenters. The van der Waals surface area contributed by atoms with Gasteiger partial charge in [-0.25, -0.2) is 4.39 Å². The van der Waals surface area contributed by atoms with Gasteiger partial charge in [0.1, 0.15) is 11.6 Å². The van der Waals surface area contributed by atoms with Gasteiger partial charge in [0.25, 0.3) is 11.8 Å². The molecular formula is C18H16FN3O3. The molecule has 1 amide bonds. The van der Waals surface area contributed by atoms with Gasteiger partial charge >= 0.3 is 0 Å². The molecule has 0 spiro atoms. The molecule has 0 aliphatic rings. The molecule has 128 valence electrons. The number of nitrogens with one attached hydrogen (secondary N) is 1. The molecular weight excluding hydrogens is 325 g/mol. The highest BCUT2D eigenvalue weighted by molar-refractivity contribution is 5.91. The lowest BCUT2D eigenvalue weighted by atomic mass is 10.2. The molecule has 7 heteroatoms. The number of ether oxygens (including phenoxy) is 1. The first kappa shape index (κ1) is 16.6. The molecule has 0 saturated carbocycles. The summed E-state index contributed by atoms with van der Waals surface area (Å²) in [6, 6.07) is 12.5. The van der Waals surface area contributed by atoms with E-state index in [0.29, 0.717) is 35.1 Å². The number of nitrogens with zero attached hydrogens (tertiary/aromatic N) is 2. The number of carbonyl (C=O) groups is 1. The van der Waals surface area contributed by atoms with Crippen molar-refractivity contribution in [1.29, 1.82) is 0 Å². The summed E-state index contributed by atoms with van der Waals surface area (Å²) in [6.45, 7) is 1.76. The van der Waals surface area contributed by atoms with Gasteiger partial charge in [-0.05, 0) is 42.5 Å². The van der Waals surface area contributed by atoms with Crippen LogP contribution in [0.1, 0.15) is 12.7 Å². The van der Waals surface area contributed by atoms with Crippen molar-refractivity contribution < 1.29 is 18.4 Å². The molecule has 1 aromatic heterocycles. The molecule has 1 N–H and O–H groups in total. The first-order valence-electron chi connectivity index (χ1n) is 7.75. The quantitative estimate of drug-likeness (QED) is 0.743. The van der Waals surface area contributed by atoms with Crippen molar-refractivity contribution >= 4 is 11.6 Å². The second-order valence-electron chi connectivity index (χ2n) is 5.24. The maximum absolute atomic E-state index is 12.8. The lowest BCUT2D eigenvalue weighted by Crippen LogP contribution is -2.20. The zero-order valence-corrected chi connectivity index (χ0v) is 13.5. The number of rotatable bonds is 6. The van der Waals surface area contributed by atoms with Gasteiger partial charge in [0.15, 0.2) is 12.4 Å². The van der Waals surface area contributed by atoms with Crippen molar-refractivity contribution in [2.24, 2.45) is 0 Å². The maximum atomic E-state index is 12.8. The number of aryl methyl sites for hydroxylation is 1. The molecule has 0 bridgehead atoms. The fourth-order valence-corrected chi connectivity index (χ4v) is 2.11. The van der Waals surface area contributed by atoms with E-state index in [1.54, 1.807) is 18.2 Å². The Balaban J connectivity index is 1.60. The van der Waals surface area contributed by atoms with E-state index in [0.717, 1.165) is 0 Å². The third-order valence-corrected chi connectivity index (χ3v) is 3.36. The van der Waals surface area contributed by atoms with Crippen LogP contribution in [0.3, 0.4) is 0 Å². The van der Waals surface area contributed by atoms with Gasteiger partial charge < -0.3 is 14.6 Å². The van der Waals surface area contributed by atoms with Gasteiger partial charge in [0.2, 0.25) is 0 Å². The van der Waals surface area contributed by atoms with Crippen LogP contribution >= 0.6 is 0 Å². The summed E-state index contributed by atoms with van der Waals surface area (Å²) in [5.41, 5.74) is 1.21. The first-order valence-corrected chi connectivity index (χ1v) is 7.75. The third kappa shape index (κ3) is 4.41. The van der Waals surface area contributed by atoms with Crippen molar-refractivity contribution in [3.05, 3.63) is 60.2 Å². The van der Waals surface area contributed by atoms with E-state index >= 15 is 0 Å². The minimum Gasteiger partial charge on any atom is -0.484 e. The summed E-state index contributed by atoms with van der Waals surface area (Å²) < 4.78 is 23.5. The zero-order chi connectivity index (χ0) is 17.6. The molecule has 0 fully saturated rings. The van der Waals surface area contributed by atoms with Gasteiger partial charge in [0, 0.05) is 17.7 Å². The van der Waals surface area contributed by atoms with Gasteiger partial charge in [-0.1, -0.05) is 18.1 Å². The number of anilines is 1. The van der Waals surface area contributed by atoms with Crippen LogP contribution in [-0.2, 0) is 11.2 Å². The minimum atomic E-state index is -0.363. The Morgan fingerprint density at radius 3 is 2.76 bits per heavy atom. The van der Waals surface area contributed by atoms with E-state index in [4.69, 9.17) is 9.26 Å². The van der Waals surface area contributed by atoms with Crippen molar-refractivity contribution in [2.75, 3.05) is 11.9 Å². The normalized spacial score (nSPS) is 10.5. The van der Waals surface area contributed by atoms with E-state index in [1.165, 1.54) is 24.3 Å². The third-order valence-electron chi connectivity index (χ3n) is 3.36. The second kappa shape index (κ2) is 7.57. The Kier molecular flexibility index (Phi) is 5.03. The first-order chi connectivity index (χ1) is 12.1. The van der Waals surface area contributed by atoms with Crippen LogP contribution in [0.5, 0.6) is 5.75 Å². The summed E-state index contributed by atoms with van der Waals surface area (Å²) in [5, 5.41) is 6.48. The molecule has 0 aliphatic heterocycles. The summed E-state index contributed by atoms with van der Waals surface area (Å²) in [6.07, 6.45) is 0.684. The van der Waals surface area contributed by atoms with Crippen LogP contribution in [0.4, 0.5) is 10.1 Å². The molecule has 6 nitrogen and oxygen atoms in total. The van der Waals surface area contributed by atoms with Crippen LogP contribution in [0.15, 0.2) is 53.1 Å². The number of halogens is 1. The molecule has 2 aromatic carbocycles. The predicted molar refractivity (Wildman–Crippen MR) is 89.6 cm³/mol. The molecule has 25 heavy (non-hydrogen) atoms. The van der Waals surface area contributed by atoms with E-state index < -0.39 is 0 Å². The van der Waals surface area contributed by atoms with Crippen molar-refractivity contribution in [3.8, 4) is 17.2 Å². The van der Waals surface area contributed by atoms with E-state index in [2.05, 4.69) is 15.5 Å². The number of hydrogen-bond acceptors (Lipinski definition) is 5. The number of amides is 1. The molecule has 0 aliphatic carbocycles. The second-order valence-corrected chi connectivity index (χ2v) is 5.24.